The van der Waals surface area contributed by atoms with Crippen molar-refractivity contribution in [1.29, 1.82) is 0 Å². The van der Waals surface area contributed by atoms with Gasteiger partial charge in [0.1, 0.15) is 11.4 Å². The van der Waals surface area contributed by atoms with Crippen molar-refractivity contribution >= 4 is 17.8 Å². The fourth-order valence-electron chi connectivity index (χ4n) is 3.74. The minimum atomic E-state index is -0.715. The maximum Gasteiger partial charge on any atom is 0.410 e. The van der Waals surface area contributed by atoms with Gasteiger partial charge in [0.25, 0.3) is 5.91 Å². The molecular formula is C23H27N3O4. The molecule has 30 heavy (non-hydrogen) atoms. The van der Waals surface area contributed by atoms with Gasteiger partial charge in [0.05, 0.1) is 13.2 Å². The molecule has 0 aliphatic carbocycles. The standard InChI is InChI=1S/C23H27N3O4/c1-23(2,3)30-22(28)25-11-12-29-19(15-25)21(27)26-10-9-17-13-18(14-24-20(17)26)16-7-5-4-6-8-16/h4-8,13-14,19H,9-12,15H2,1-3H3/t19-/m0/s1. The average Bonchev–Trinajstić information content (AvgIpc) is 3.16. The van der Waals surface area contributed by atoms with Crippen molar-refractivity contribution in [1.82, 2.24) is 9.88 Å². The van der Waals surface area contributed by atoms with Crippen LogP contribution in [0.25, 0.3) is 11.1 Å². The van der Waals surface area contributed by atoms with Crippen LogP contribution < -0.4 is 4.90 Å². The summed E-state index contributed by atoms with van der Waals surface area (Å²) >= 11 is 0. The molecule has 4 rings (SSSR count). The van der Waals surface area contributed by atoms with Crippen LogP contribution >= 0.6 is 0 Å². The lowest BCUT2D eigenvalue weighted by atomic mass is 10.1. The van der Waals surface area contributed by atoms with E-state index in [1.807, 2.05) is 51.1 Å². The third-order valence-corrected chi connectivity index (χ3v) is 5.17. The number of morpholine rings is 1. The van der Waals surface area contributed by atoms with Crippen molar-refractivity contribution in [3.63, 3.8) is 0 Å². The molecule has 7 heteroatoms. The first kappa shape index (κ1) is 20.3. The SMILES string of the molecule is CC(C)(C)OC(=O)N1CCO[C@H](C(=O)N2CCc3cc(-c4ccccc4)cnc32)C1. The predicted molar refractivity (Wildman–Crippen MR) is 113 cm³/mol. The van der Waals surface area contributed by atoms with Gasteiger partial charge in [0.15, 0.2) is 6.10 Å². The summed E-state index contributed by atoms with van der Waals surface area (Å²) in [7, 11) is 0. The summed E-state index contributed by atoms with van der Waals surface area (Å²) in [4.78, 5) is 33.3. The van der Waals surface area contributed by atoms with Gasteiger partial charge < -0.3 is 14.4 Å². The van der Waals surface area contributed by atoms with E-state index >= 15 is 0 Å². The Morgan fingerprint density at radius 3 is 2.63 bits per heavy atom. The van der Waals surface area contributed by atoms with Crippen molar-refractivity contribution in [2.24, 2.45) is 0 Å². The van der Waals surface area contributed by atoms with Gasteiger partial charge in [0.2, 0.25) is 0 Å². The fourth-order valence-corrected chi connectivity index (χ4v) is 3.74. The molecule has 1 saturated heterocycles. The summed E-state index contributed by atoms with van der Waals surface area (Å²) in [5, 5.41) is 0. The zero-order chi connectivity index (χ0) is 21.3. The number of nitrogens with zero attached hydrogens (tertiary/aromatic N) is 3. The topological polar surface area (TPSA) is 72.0 Å². The zero-order valence-electron chi connectivity index (χ0n) is 17.6. The van der Waals surface area contributed by atoms with Gasteiger partial charge in [0, 0.05) is 24.8 Å². The molecule has 1 fully saturated rings. The van der Waals surface area contributed by atoms with E-state index in [1.54, 1.807) is 16.0 Å². The lowest BCUT2D eigenvalue weighted by molar-refractivity contribution is -0.135. The normalized spacial score (nSPS) is 18.8. The van der Waals surface area contributed by atoms with E-state index in [0.717, 1.165) is 23.1 Å². The van der Waals surface area contributed by atoms with Crippen LogP contribution in [0.5, 0.6) is 0 Å². The number of amides is 2. The number of carbonyl (C=O) groups is 2. The lowest BCUT2D eigenvalue weighted by Gasteiger charge is -2.34. The van der Waals surface area contributed by atoms with Gasteiger partial charge in [-0.25, -0.2) is 9.78 Å². The first-order valence-corrected chi connectivity index (χ1v) is 10.3. The highest BCUT2D eigenvalue weighted by Crippen LogP contribution is 2.31. The van der Waals surface area contributed by atoms with Gasteiger partial charge in [-0.15, -0.1) is 0 Å². The van der Waals surface area contributed by atoms with Crippen LogP contribution in [0.2, 0.25) is 0 Å². The Kier molecular flexibility index (Phi) is 5.47. The van der Waals surface area contributed by atoms with Crippen LogP contribution in [0, 0.1) is 0 Å². The number of aromatic nitrogens is 1. The Balaban J connectivity index is 1.47. The van der Waals surface area contributed by atoms with Crippen molar-refractivity contribution in [2.45, 2.75) is 38.9 Å². The third kappa shape index (κ3) is 4.31. The maximum atomic E-state index is 13.2. The van der Waals surface area contributed by atoms with Crippen LogP contribution in [0.3, 0.4) is 0 Å². The van der Waals surface area contributed by atoms with Crippen LogP contribution in [0.1, 0.15) is 26.3 Å². The Morgan fingerprint density at radius 2 is 1.90 bits per heavy atom. The number of hydrogen-bond donors (Lipinski definition) is 0. The molecule has 1 aromatic carbocycles. The summed E-state index contributed by atoms with van der Waals surface area (Å²) in [5.41, 5.74) is 2.60. The molecule has 1 atom stereocenters. The van der Waals surface area contributed by atoms with Crippen molar-refractivity contribution in [3.8, 4) is 11.1 Å². The highest BCUT2D eigenvalue weighted by molar-refractivity contribution is 5.98. The van der Waals surface area contributed by atoms with Gasteiger partial charge in [-0.1, -0.05) is 30.3 Å². The van der Waals surface area contributed by atoms with Gasteiger partial charge in [-0.2, -0.15) is 0 Å². The summed E-state index contributed by atoms with van der Waals surface area (Å²) in [6, 6.07) is 12.2. The maximum absolute atomic E-state index is 13.2. The van der Waals surface area contributed by atoms with Crippen molar-refractivity contribution < 1.29 is 19.1 Å². The fraction of sp³-hybridized carbons (Fsp3) is 0.435. The van der Waals surface area contributed by atoms with E-state index in [-0.39, 0.29) is 12.5 Å². The van der Waals surface area contributed by atoms with Gasteiger partial charge in [-0.05, 0) is 44.4 Å². The molecule has 2 aliphatic rings. The second-order valence-corrected chi connectivity index (χ2v) is 8.60. The molecule has 0 spiro atoms. The highest BCUT2D eigenvalue weighted by atomic mass is 16.6. The summed E-state index contributed by atoms with van der Waals surface area (Å²) in [6.45, 7) is 6.93. The van der Waals surface area contributed by atoms with E-state index in [9.17, 15) is 9.59 Å². The summed E-state index contributed by atoms with van der Waals surface area (Å²) in [5.74, 6) is 0.514. The number of ether oxygens (including phenoxy) is 2. The molecule has 3 heterocycles. The first-order valence-electron chi connectivity index (χ1n) is 10.3. The molecule has 158 valence electrons. The van der Waals surface area contributed by atoms with E-state index < -0.39 is 17.8 Å². The number of fused-ring (bicyclic) bond motifs is 1. The van der Waals surface area contributed by atoms with Crippen LogP contribution in [0.4, 0.5) is 10.6 Å². The Morgan fingerprint density at radius 1 is 1.13 bits per heavy atom. The molecule has 1 aromatic heterocycles. The lowest BCUT2D eigenvalue weighted by Crippen LogP contribution is -2.53. The van der Waals surface area contributed by atoms with Gasteiger partial charge in [-0.3, -0.25) is 9.69 Å². The number of pyridine rings is 1. The van der Waals surface area contributed by atoms with E-state index in [0.29, 0.717) is 25.5 Å². The molecule has 2 aliphatic heterocycles. The molecule has 7 nitrogen and oxygen atoms in total. The number of rotatable bonds is 2. The van der Waals surface area contributed by atoms with E-state index in [2.05, 4.69) is 11.1 Å². The molecule has 2 aromatic rings. The first-order chi connectivity index (χ1) is 14.3. The number of hydrogen-bond acceptors (Lipinski definition) is 5. The highest BCUT2D eigenvalue weighted by Gasteiger charge is 2.37. The van der Waals surface area contributed by atoms with E-state index in [1.165, 1.54) is 0 Å². The van der Waals surface area contributed by atoms with Crippen LogP contribution in [-0.4, -0.2) is 59.8 Å². The van der Waals surface area contributed by atoms with Crippen LogP contribution in [-0.2, 0) is 20.7 Å². The van der Waals surface area contributed by atoms with Crippen molar-refractivity contribution in [3.05, 3.63) is 48.2 Å². The summed E-state index contributed by atoms with van der Waals surface area (Å²) < 4.78 is 11.1. The van der Waals surface area contributed by atoms with Crippen LogP contribution in [0.15, 0.2) is 42.6 Å². The molecule has 0 unspecified atom stereocenters. The smallest absolute Gasteiger partial charge is 0.410 e. The predicted octanol–water partition coefficient (Wildman–Crippen LogP) is 3.27. The minimum absolute atomic E-state index is 0.165. The Labute approximate surface area is 176 Å². The molecule has 0 saturated carbocycles. The molecule has 0 bridgehead atoms. The number of anilines is 1. The largest absolute Gasteiger partial charge is 0.444 e. The molecular weight excluding hydrogens is 382 g/mol. The average molecular weight is 409 g/mol. The Hall–Kier alpha value is -2.93. The molecule has 0 radical (unpaired) electrons. The summed E-state index contributed by atoms with van der Waals surface area (Å²) in [6.07, 6.45) is 1.41. The number of benzene rings is 1. The monoisotopic (exact) mass is 409 g/mol. The third-order valence-electron chi connectivity index (χ3n) is 5.17. The van der Waals surface area contributed by atoms with Crippen molar-refractivity contribution in [2.75, 3.05) is 31.1 Å². The zero-order valence-corrected chi connectivity index (χ0v) is 17.6. The minimum Gasteiger partial charge on any atom is -0.444 e. The molecule has 0 N–H and O–H groups in total. The van der Waals surface area contributed by atoms with Gasteiger partial charge >= 0.3 is 6.09 Å². The second-order valence-electron chi connectivity index (χ2n) is 8.60. The second kappa shape index (κ2) is 8.07. The quantitative estimate of drug-likeness (QED) is 0.761. The molecule has 2 amide bonds. The number of carbonyl (C=O) groups excluding carboxylic acids is 2. The van der Waals surface area contributed by atoms with E-state index in [4.69, 9.17) is 9.47 Å². The Bertz CT molecular complexity index is 939.